The Morgan fingerprint density at radius 3 is 2.56 bits per heavy atom. The summed E-state index contributed by atoms with van der Waals surface area (Å²) in [5, 5.41) is 7.06. The highest BCUT2D eigenvalue weighted by Crippen LogP contribution is 2.32. The average molecular weight is 444 g/mol. The molecule has 0 radical (unpaired) electrons. The molecule has 4 rings (SSSR count). The number of hydrogen-bond acceptors (Lipinski definition) is 4. The van der Waals surface area contributed by atoms with Crippen molar-refractivity contribution in [2.45, 2.75) is 19.7 Å². The van der Waals surface area contributed by atoms with Crippen molar-refractivity contribution >= 4 is 17.4 Å². The Morgan fingerprint density at radius 1 is 1.09 bits per heavy atom. The van der Waals surface area contributed by atoms with Crippen LogP contribution < -0.4 is 10.1 Å². The molecule has 4 aromatic rings. The molecule has 0 aliphatic carbocycles. The maximum absolute atomic E-state index is 13.1. The van der Waals surface area contributed by atoms with Crippen LogP contribution in [-0.2, 0) is 11.2 Å². The predicted molar refractivity (Wildman–Crippen MR) is 109 cm³/mol. The van der Waals surface area contributed by atoms with Gasteiger partial charge < -0.3 is 10.1 Å². The van der Waals surface area contributed by atoms with E-state index >= 15 is 0 Å². The first-order valence-electron chi connectivity index (χ1n) is 9.45. The van der Waals surface area contributed by atoms with Gasteiger partial charge in [-0.05, 0) is 48.9 Å². The molecule has 6 nitrogen and oxygen atoms in total. The molecular formula is C22H16F4N4O2. The van der Waals surface area contributed by atoms with E-state index in [4.69, 9.17) is 0 Å². The Morgan fingerprint density at radius 2 is 1.84 bits per heavy atom. The summed E-state index contributed by atoms with van der Waals surface area (Å²) in [6, 6.07) is 14.2. The Kier molecular flexibility index (Phi) is 5.52. The van der Waals surface area contributed by atoms with Gasteiger partial charge in [-0.3, -0.25) is 4.79 Å². The summed E-state index contributed by atoms with van der Waals surface area (Å²) in [6.45, 7) is 1.75. The first kappa shape index (κ1) is 21.3. The van der Waals surface area contributed by atoms with E-state index in [-0.39, 0.29) is 12.2 Å². The fourth-order valence-electron chi connectivity index (χ4n) is 3.18. The Bertz CT molecular complexity index is 1280. The maximum atomic E-state index is 13.1. The number of ether oxygens (including phenoxy) is 1. The number of carbonyl (C=O) groups excluding carboxylic acids is 1. The van der Waals surface area contributed by atoms with Gasteiger partial charge in [-0.2, -0.15) is 5.10 Å². The van der Waals surface area contributed by atoms with Crippen LogP contribution in [0.5, 0.6) is 5.75 Å². The van der Waals surface area contributed by atoms with Gasteiger partial charge >= 0.3 is 6.36 Å². The van der Waals surface area contributed by atoms with Crippen molar-refractivity contribution in [2.24, 2.45) is 0 Å². The number of benzene rings is 2. The van der Waals surface area contributed by atoms with Crippen LogP contribution in [0.25, 0.3) is 16.9 Å². The standard InChI is InChI=1S/C22H16F4N4O2/c1-13-5-10-18-27-21(28-19(31)11-14-6-8-16(23)9-7-14)20(30(18)29-13)15-3-2-4-17(12-15)32-22(24,25)26/h2-10,12H,11H2,1H3,(H,28,31). The quantitative estimate of drug-likeness (QED) is 0.444. The predicted octanol–water partition coefficient (Wildman–Crippen LogP) is 4.92. The number of imidazole rings is 1. The van der Waals surface area contributed by atoms with E-state index in [1.165, 1.54) is 47.0 Å². The van der Waals surface area contributed by atoms with Crippen LogP contribution in [0.3, 0.4) is 0 Å². The van der Waals surface area contributed by atoms with Gasteiger partial charge in [0.2, 0.25) is 5.91 Å². The number of amides is 1. The molecule has 1 amide bonds. The molecule has 32 heavy (non-hydrogen) atoms. The Balaban J connectivity index is 1.72. The smallest absolute Gasteiger partial charge is 0.406 e. The van der Waals surface area contributed by atoms with E-state index in [2.05, 4.69) is 20.1 Å². The van der Waals surface area contributed by atoms with Gasteiger partial charge in [-0.15, -0.1) is 13.2 Å². The van der Waals surface area contributed by atoms with Gasteiger partial charge in [-0.1, -0.05) is 24.3 Å². The minimum Gasteiger partial charge on any atom is -0.406 e. The molecule has 2 aromatic heterocycles. The van der Waals surface area contributed by atoms with Crippen LogP contribution in [0.1, 0.15) is 11.3 Å². The second kappa shape index (κ2) is 8.29. The van der Waals surface area contributed by atoms with Crippen molar-refractivity contribution in [2.75, 3.05) is 5.32 Å². The number of halogens is 4. The third-order valence-electron chi connectivity index (χ3n) is 4.49. The number of aromatic nitrogens is 3. The number of anilines is 1. The van der Waals surface area contributed by atoms with Crippen LogP contribution in [-0.4, -0.2) is 26.9 Å². The molecule has 2 aromatic carbocycles. The van der Waals surface area contributed by atoms with Crippen molar-refractivity contribution in [1.29, 1.82) is 0 Å². The Labute approximate surface area is 179 Å². The SMILES string of the molecule is Cc1ccc2nc(NC(=O)Cc3ccc(F)cc3)c(-c3cccc(OC(F)(F)F)c3)n2n1. The van der Waals surface area contributed by atoms with E-state index in [0.29, 0.717) is 28.2 Å². The lowest BCUT2D eigenvalue weighted by atomic mass is 10.1. The summed E-state index contributed by atoms with van der Waals surface area (Å²) in [7, 11) is 0. The molecule has 164 valence electrons. The van der Waals surface area contributed by atoms with Crippen molar-refractivity contribution in [3.8, 4) is 17.0 Å². The lowest BCUT2D eigenvalue weighted by Crippen LogP contribution is -2.17. The molecule has 0 aliphatic heterocycles. The average Bonchev–Trinajstić information content (AvgIpc) is 3.05. The van der Waals surface area contributed by atoms with E-state index in [0.717, 1.165) is 0 Å². The van der Waals surface area contributed by atoms with Crippen LogP contribution in [0, 0.1) is 12.7 Å². The lowest BCUT2D eigenvalue weighted by molar-refractivity contribution is -0.274. The fraction of sp³-hybridized carbons (Fsp3) is 0.136. The molecule has 0 atom stereocenters. The Hall–Kier alpha value is -3.95. The van der Waals surface area contributed by atoms with E-state index in [9.17, 15) is 22.4 Å². The van der Waals surface area contributed by atoms with Crippen molar-refractivity contribution < 1.29 is 27.1 Å². The summed E-state index contributed by atoms with van der Waals surface area (Å²) in [5.41, 5.74) is 2.23. The third-order valence-corrected chi connectivity index (χ3v) is 4.49. The van der Waals surface area contributed by atoms with Gasteiger partial charge in [0.05, 0.1) is 12.1 Å². The van der Waals surface area contributed by atoms with Gasteiger partial charge in [0.15, 0.2) is 11.5 Å². The number of rotatable bonds is 5. The van der Waals surface area contributed by atoms with Crippen molar-refractivity contribution in [3.63, 3.8) is 0 Å². The molecule has 0 unspecified atom stereocenters. The molecule has 0 fully saturated rings. The fourth-order valence-corrected chi connectivity index (χ4v) is 3.18. The molecule has 0 bridgehead atoms. The first-order valence-corrected chi connectivity index (χ1v) is 9.45. The molecule has 0 saturated carbocycles. The number of nitrogens with zero attached hydrogens (tertiary/aromatic N) is 3. The minimum absolute atomic E-state index is 0.0444. The van der Waals surface area contributed by atoms with Crippen molar-refractivity contribution in [1.82, 2.24) is 14.6 Å². The minimum atomic E-state index is -4.85. The molecule has 2 heterocycles. The van der Waals surface area contributed by atoms with E-state index in [1.54, 1.807) is 25.1 Å². The highest BCUT2D eigenvalue weighted by Gasteiger charge is 2.31. The lowest BCUT2D eigenvalue weighted by Gasteiger charge is -2.11. The second-order valence-corrected chi connectivity index (χ2v) is 6.98. The molecule has 0 saturated heterocycles. The molecular weight excluding hydrogens is 428 g/mol. The van der Waals surface area contributed by atoms with Gasteiger partial charge in [0.25, 0.3) is 0 Å². The zero-order valence-electron chi connectivity index (χ0n) is 16.7. The van der Waals surface area contributed by atoms with Crippen LogP contribution in [0.4, 0.5) is 23.4 Å². The number of nitrogens with one attached hydrogen (secondary N) is 1. The normalized spacial score (nSPS) is 11.5. The van der Waals surface area contributed by atoms with Gasteiger partial charge in [0, 0.05) is 5.56 Å². The van der Waals surface area contributed by atoms with Gasteiger partial charge in [0.1, 0.15) is 17.3 Å². The number of aryl methyl sites for hydroxylation is 1. The molecule has 0 aliphatic rings. The largest absolute Gasteiger partial charge is 0.573 e. The van der Waals surface area contributed by atoms with E-state index < -0.39 is 23.8 Å². The number of carbonyl (C=O) groups is 1. The summed E-state index contributed by atoms with van der Waals surface area (Å²) in [6.07, 6.45) is -4.89. The number of fused-ring (bicyclic) bond motifs is 1. The van der Waals surface area contributed by atoms with Crippen LogP contribution in [0.15, 0.2) is 60.7 Å². The molecule has 0 spiro atoms. The summed E-state index contributed by atoms with van der Waals surface area (Å²) < 4.78 is 56.6. The van der Waals surface area contributed by atoms with Crippen molar-refractivity contribution in [3.05, 3.63) is 77.7 Å². The zero-order chi connectivity index (χ0) is 22.9. The van der Waals surface area contributed by atoms with Crippen LogP contribution in [0.2, 0.25) is 0 Å². The summed E-state index contributed by atoms with van der Waals surface area (Å²) >= 11 is 0. The molecule has 1 N–H and O–H groups in total. The highest BCUT2D eigenvalue weighted by molar-refractivity contribution is 5.95. The monoisotopic (exact) mass is 444 g/mol. The van der Waals surface area contributed by atoms with Crippen LogP contribution >= 0.6 is 0 Å². The number of alkyl halides is 3. The number of hydrogen-bond donors (Lipinski definition) is 1. The van der Waals surface area contributed by atoms with Gasteiger partial charge in [-0.25, -0.2) is 13.9 Å². The second-order valence-electron chi connectivity index (χ2n) is 6.98. The molecule has 10 heteroatoms. The third kappa shape index (κ3) is 4.85. The topological polar surface area (TPSA) is 68.5 Å². The zero-order valence-corrected chi connectivity index (χ0v) is 16.7. The summed E-state index contributed by atoms with van der Waals surface area (Å²) in [4.78, 5) is 17.0. The van der Waals surface area contributed by atoms with E-state index in [1.807, 2.05) is 0 Å². The highest BCUT2D eigenvalue weighted by atomic mass is 19.4. The summed E-state index contributed by atoms with van der Waals surface area (Å²) in [5.74, 6) is -1.14. The maximum Gasteiger partial charge on any atom is 0.573 e. The first-order chi connectivity index (χ1) is 15.2.